The molecule has 0 spiro atoms. The molecule has 0 atom stereocenters. The smallest absolute Gasteiger partial charge is 0.268 e. The van der Waals surface area contributed by atoms with Crippen molar-refractivity contribution in [3.05, 3.63) is 29.0 Å². The maximum Gasteiger partial charge on any atom is 0.268 e. The fourth-order valence-corrected chi connectivity index (χ4v) is 2.10. The van der Waals surface area contributed by atoms with Crippen LogP contribution >= 0.6 is 11.3 Å². The zero-order valence-electron chi connectivity index (χ0n) is 8.13. The highest BCUT2D eigenvalue weighted by atomic mass is 32.2. The van der Waals surface area contributed by atoms with Gasteiger partial charge in [0.25, 0.3) is 10.1 Å². The van der Waals surface area contributed by atoms with E-state index >= 15 is 0 Å². The molecule has 0 bridgehead atoms. The van der Waals surface area contributed by atoms with Crippen LogP contribution in [0.4, 0.5) is 0 Å². The van der Waals surface area contributed by atoms with Gasteiger partial charge in [-0.2, -0.15) is 8.42 Å². The monoisotopic (exact) mass is 256 g/mol. The molecule has 16 heavy (non-hydrogen) atoms. The van der Waals surface area contributed by atoms with E-state index in [1.165, 1.54) is 11.3 Å². The topological polar surface area (TPSA) is 63.6 Å². The Morgan fingerprint density at radius 1 is 1.31 bits per heavy atom. The van der Waals surface area contributed by atoms with Crippen molar-refractivity contribution >= 4 is 32.2 Å². The van der Waals surface area contributed by atoms with Crippen LogP contribution in [0.15, 0.2) is 18.2 Å². The summed E-state index contributed by atoms with van der Waals surface area (Å²) in [6.45, 7) is -0.0712. The predicted molar refractivity (Wildman–Crippen MR) is 61.4 cm³/mol. The Morgan fingerprint density at radius 2 is 2.06 bits per heavy atom. The van der Waals surface area contributed by atoms with Gasteiger partial charge in [-0.1, -0.05) is 0 Å². The van der Waals surface area contributed by atoms with E-state index < -0.39 is 15.9 Å². The molecule has 0 fully saturated rings. The Bertz CT molecular complexity index is 586. The third-order valence-electron chi connectivity index (χ3n) is 1.92. The second kappa shape index (κ2) is 4.40. The number of thiophene rings is 1. The van der Waals surface area contributed by atoms with Crippen LogP contribution in [0.2, 0.25) is 0 Å². The first kappa shape index (κ1) is 11.4. The molecule has 2 rings (SSSR count). The molecule has 1 heterocycles. The standard InChI is InChI=1S/C10H8O4S2/c11-16(12,13)4-3-14-10-2-1-8-6-15-7-9(8)5-10/h1-2,5H,3-4H2,(H,11,12,13). The van der Waals surface area contributed by atoms with E-state index in [1.807, 2.05) is 6.07 Å². The summed E-state index contributed by atoms with van der Waals surface area (Å²) >= 11 is 1.35. The number of hydrogen-bond acceptors (Lipinski definition) is 4. The van der Waals surface area contributed by atoms with Crippen molar-refractivity contribution in [2.45, 2.75) is 0 Å². The third kappa shape index (κ3) is 2.94. The van der Waals surface area contributed by atoms with Gasteiger partial charge in [0, 0.05) is 10.8 Å². The largest absolute Gasteiger partial charge is 0.492 e. The van der Waals surface area contributed by atoms with Crippen LogP contribution in [0.5, 0.6) is 5.75 Å². The van der Waals surface area contributed by atoms with Crippen molar-refractivity contribution in [1.29, 1.82) is 0 Å². The summed E-state index contributed by atoms with van der Waals surface area (Å²) in [5.74, 6) is 0.143. The van der Waals surface area contributed by atoms with Crippen molar-refractivity contribution in [3.63, 3.8) is 0 Å². The van der Waals surface area contributed by atoms with Gasteiger partial charge in [0.15, 0.2) is 0 Å². The summed E-state index contributed by atoms with van der Waals surface area (Å²) in [7, 11) is -3.96. The molecule has 0 amide bonds. The molecule has 2 aromatic rings. The second-order valence-corrected chi connectivity index (χ2v) is 5.33. The minimum Gasteiger partial charge on any atom is -0.492 e. The molecule has 6 heteroatoms. The van der Waals surface area contributed by atoms with E-state index in [2.05, 4.69) is 10.8 Å². The normalized spacial score (nSPS) is 11.8. The Hall–Kier alpha value is -1.11. The first-order valence-corrected chi connectivity index (χ1v) is 6.87. The van der Waals surface area contributed by atoms with Gasteiger partial charge < -0.3 is 4.74 Å². The Labute approximate surface area is 97.2 Å². The first-order chi connectivity index (χ1) is 7.54. The molecule has 1 aromatic carbocycles. The summed E-state index contributed by atoms with van der Waals surface area (Å²) in [5, 5.41) is 7.86. The van der Waals surface area contributed by atoms with Gasteiger partial charge >= 0.3 is 0 Å². The quantitative estimate of drug-likeness (QED) is 0.847. The minimum absolute atomic E-state index is 0.0712. The molecular formula is C10H8O4S2. The number of hydrogen-bond donors (Lipinski definition) is 1. The van der Waals surface area contributed by atoms with Gasteiger partial charge in [-0.15, -0.1) is 11.3 Å². The lowest BCUT2D eigenvalue weighted by atomic mass is 10.2. The number of rotatable bonds is 4. The maximum atomic E-state index is 10.5. The van der Waals surface area contributed by atoms with Crippen LogP contribution in [0.25, 0.3) is 10.8 Å². The fourth-order valence-electron chi connectivity index (χ4n) is 1.19. The van der Waals surface area contributed by atoms with Crippen LogP contribution in [0.3, 0.4) is 0 Å². The molecule has 1 N–H and O–H groups in total. The van der Waals surface area contributed by atoms with Crippen LogP contribution in [-0.4, -0.2) is 25.3 Å². The Kier molecular flexibility index (Phi) is 3.13. The highest BCUT2D eigenvalue weighted by Gasteiger charge is 2.05. The van der Waals surface area contributed by atoms with Crippen LogP contribution in [-0.2, 0) is 10.1 Å². The number of benzene rings is 1. The van der Waals surface area contributed by atoms with Crippen LogP contribution in [0, 0.1) is 10.8 Å². The summed E-state index contributed by atoms with van der Waals surface area (Å²) in [4.78, 5) is 0. The molecule has 1 aromatic heterocycles. The van der Waals surface area contributed by atoms with E-state index in [9.17, 15) is 8.42 Å². The SMILES string of the molecule is O=S(=O)(O)CCOc1ccc2[c]s[c]c2c1. The van der Waals surface area contributed by atoms with Gasteiger partial charge in [-0.3, -0.25) is 4.55 Å². The summed E-state index contributed by atoms with van der Waals surface area (Å²) in [6, 6.07) is 5.31. The molecule has 2 radical (unpaired) electrons. The molecule has 0 unspecified atom stereocenters. The number of ether oxygens (including phenoxy) is 1. The van der Waals surface area contributed by atoms with Crippen molar-refractivity contribution in [2.24, 2.45) is 0 Å². The molecule has 0 saturated heterocycles. The van der Waals surface area contributed by atoms with Crippen molar-refractivity contribution in [1.82, 2.24) is 0 Å². The van der Waals surface area contributed by atoms with E-state index in [-0.39, 0.29) is 6.61 Å². The Morgan fingerprint density at radius 3 is 2.81 bits per heavy atom. The maximum absolute atomic E-state index is 10.5. The zero-order valence-corrected chi connectivity index (χ0v) is 9.77. The summed E-state index contributed by atoms with van der Waals surface area (Å²) < 4.78 is 34.6. The molecule has 84 valence electrons. The molecule has 0 aliphatic carbocycles. The van der Waals surface area contributed by atoms with Gasteiger partial charge in [-0.05, 0) is 18.2 Å². The zero-order chi connectivity index (χ0) is 11.6. The van der Waals surface area contributed by atoms with E-state index in [4.69, 9.17) is 9.29 Å². The second-order valence-electron chi connectivity index (χ2n) is 3.15. The summed E-state index contributed by atoms with van der Waals surface area (Å²) in [6.07, 6.45) is 0. The van der Waals surface area contributed by atoms with E-state index in [0.717, 1.165) is 10.8 Å². The van der Waals surface area contributed by atoms with Crippen molar-refractivity contribution in [3.8, 4) is 5.75 Å². The van der Waals surface area contributed by atoms with Gasteiger partial charge in [0.05, 0.1) is 10.8 Å². The highest BCUT2D eigenvalue weighted by molar-refractivity contribution is 7.85. The van der Waals surface area contributed by atoms with Crippen LogP contribution < -0.4 is 4.74 Å². The van der Waals surface area contributed by atoms with Crippen molar-refractivity contribution < 1.29 is 17.7 Å². The van der Waals surface area contributed by atoms with Crippen molar-refractivity contribution in [2.75, 3.05) is 12.4 Å². The molecule has 0 aliphatic rings. The number of fused-ring (bicyclic) bond motifs is 1. The van der Waals surface area contributed by atoms with Crippen LogP contribution in [0.1, 0.15) is 0 Å². The average molecular weight is 256 g/mol. The lowest BCUT2D eigenvalue weighted by Gasteiger charge is -2.04. The molecule has 0 aliphatic heterocycles. The fraction of sp³-hybridized carbons (Fsp3) is 0.200. The average Bonchev–Trinajstić information content (AvgIpc) is 2.62. The molecule has 4 nitrogen and oxygen atoms in total. The predicted octanol–water partition coefficient (Wildman–Crippen LogP) is 1.77. The lowest BCUT2D eigenvalue weighted by Crippen LogP contribution is -2.12. The lowest BCUT2D eigenvalue weighted by molar-refractivity contribution is 0.336. The molecular weight excluding hydrogens is 248 g/mol. The first-order valence-electron chi connectivity index (χ1n) is 4.44. The third-order valence-corrected chi connectivity index (χ3v) is 3.25. The molecule has 0 saturated carbocycles. The highest BCUT2D eigenvalue weighted by Crippen LogP contribution is 2.22. The van der Waals surface area contributed by atoms with E-state index in [1.54, 1.807) is 12.1 Å². The minimum atomic E-state index is -3.96. The van der Waals surface area contributed by atoms with E-state index in [0.29, 0.717) is 5.75 Å². The summed E-state index contributed by atoms with van der Waals surface area (Å²) in [5.41, 5.74) is 0. The van der Waals surface area contributed by atoms with Gasteiger partial charge in [0.2, 0.25) is 0 Å². The van der Waals surface area contributed by atoms with Gasteiger partial charge in [-0.25, -0.2) is 0 Å². The van der Waals surface area contributed by atoms with Gasteiger partial charge in [0.1, 0.15) is 18.1 Å². The Balaban J connectivity index is 2.04.